The average Bonchev–Trinajstić information content (AvgIpc) is 2.45. The Kier molecular flexibility index (Phi) is 4.85. The largest absolute Gasteiger partial charge is 0.462 e. The van der Waals surface area contributed by atoms with E-state index in [1.54, 1.807) is 17.8 Å². The molecular weight excluding hydrogens is 240 g/mol. The lowest BCUT2D eigenvalue weighted by molar-refractivity contribution is -0.532. The normalized spacial score (nSPS) is 22.7. The fourth-order valence-corrected chi connectivity index (χ4v) is 2.14. The molecule has 1 atom stereocenters. The Morgan fingerprint density at radius 2 is 2.18 bits per heavy atom. The van der Waals surface area contributed by atoms with Crippen molar-refractivity contribution in [3.63, 3.8) is 0 Å². The third-order valence-electron chi connectivity index (χ3n) is 2.64. The lowest BCUT2D eigenvalue weighted by Crippen LogP contribution is -2.84. The summed E-state index contributed by atoms with van der Waals surface area (Å²) in [6.07, 6.45) is 2.93. The van der Waals surface area contributed by atoms with Crippen LogP contribution in [0.1, 0.15) is 20.3 Å². The van der Waals surface area contributed by atoms with Crippen LogP contribution < -0.4 is 10.7 Å². The van der Waals surface area contributed by atoms with Gasteiger partial charge in [0.2, 0.25) is 18.0 Å². The van der Waals surface area contributed by atoms with Crippen molar-refractivity contribution in [2.24, 2.45) is 5.73 Å². The van der Waals surface area contributed by atoms with E-state index in [1.165, 1.54) is 0 Å². The van der Waals surface area contributed by atoms with Crippen molar-refractivity contribution in [1.29, 1.82) is 0 Å². The van der Waals surface area contributed by atoms with Gasteiger partial charge in [0, 0.05) is 6.42 Å². The minimum absolute atomic E-state index is 0.341. The van der Waals surface area contributed by atoms with E-state index in [9.17, 15) is 10.2 Å². The smallest absolute Gasteiger partial charge is 0.223 e. The molecule has 0 aliphatic carbocycles. The second-order valence-corrected chi connectivity index (χ2v) is 5.50. The molecule has 0 aromatic rings. The molecule has 1 aliphatic heterocycles. The molecule has 98 valence electrons. The van der Waals surface area contributed by atoms with Gasteiger partial charge in [0.25, 0.3) is 0 Å². The second-order valence-electron chi connectivity index (χ2n) is 4.52. The van der Waals surface area contributed by atoms with Crippen molar-refractivity contribution in [1.82, 2.24) is 0 Å². The van der Waals surface area contributed by atoms with Crippen LogP contribution in [-0.4, -0.2) is 45.9 Å². The average molecular weight is 261 g/mol. The molecule has 0 saturated carbocycles. The first-order valence-corrected chi connectivity index (χ1v) is 6.91. The van der Waals surface area contributed by atoms with E-state index in [2.05, 4.69) is 4.99 Å². The van der Waals surface area contributed by atoms with Crippen molar-refractivity contribution in [3.8, 4) is 0 Å². The minimum atomic E-state index is -1.40. The summed E-state index contributed by atoms with van der Waals surface area (Å²) < 4.78 is 5.42. The van der Waals surface area contributed by atoms with Crippen molar-refractivity contribution < 1.29 is 19.9 Å². The summed E-state index contributed by atoms with van der Waals surface area (Å²) in [7, 11) is 0. The molecule has 5 nitrogen and oxygen atoms in total. The summed E-state index contributed by atoms with van der Waals surface area (Å²) in [4.78, 5) is 3.09. The van der Waals surface area contributed by atoms with E-state index in [1.807, 2.05) is 20.1 Å². The Bertz CT molecular complexity index is 327. The van der Waals surface area contributed by atoms with Crippen LogP contribution in [0.25, 0.3) is 0 Å². The number of thioether (sulfide) groups is 1. The van der Waals surface area contributed by atoms with Crippen LogP contribution in [0.15, 0.2) is 12.0 Å². The summed E-state index contributed by atoms with van der Waals surface area (Å²) in [5.74, 6) is 1.19. The van der Waals surface area contributed by atoms with Crippen LogP contribution in [0.5, 0.6) is 0 Å². The fourth-order valence-electron chi connectivity index (χ4n) is 1.65. The lowest BCUT2D eigenvalue weighted by Gasteiger charge is -2.17. The first-order chi connectivity index (χ1) is 7.86. The molecular formula is C11H21N2O3S+. The number of rotatable bonds is 5. The van der Waals surface area contributed by atoms with Crippen LogP contribution in [0.2, 0.25) is 0 Å². The molecule has 1 rings (SSSR count). The van der Waals surface area contributed by atoms with E-state index in [4.69, 9.17) is 10.5 Å². The summed E-state index contributed by atoms with van der Waals surface area (Å²) in [5.41, 5.74) is 5.83. The molecule has 0 bridgehead atoms. The second kappa shape index (κ2) is 5.75. The van der Waals surface area contributed by atoms with E-state index >= 15 is 0 Å². The molecule has 0 radical (unpaired) electrons. The highest BCUT2D eigenvalue weighted by Gasteiger charge is 2.38. The minimum Gasteiger partial charge on any atom is -0.462 e. The third-order valence-corrected chi connectivity index (χ3v) is 3.29. The standard InChI is InChI=1S/C11H20N2O3S/c1-11(2)8(6-9(12)16-11)13-7(10(14)15)4-5-17-3/h6-7,10,14-15H,4-5,12H2,1-3H3/p+1. The van der Waals surface area contributed by atoms with Crippen LogP contribution in [0, 0.1) is 0 Å². The van der Waals surface area contributed by atoms with Gasteiger partial charge in [-0.05, 0) is 25.9 Å². The van der Waals surface area contributed by atoms with Crippen LogP contribution in [0.4, 0.5) is 0 Å². The lowest BCUT2D eigenvalue weighted by atomic mass is 10.0. The van der Waals surface area contributed by atoms with E-state index in [-0.39, 0.29) is 0 Å². The highest BCUT2D eigenvalue weighted by atomic mass is 32.2. The van der Waals surface area contributed by atoms with E-state index in [0.29, 0.717) is 12.3 Å². The van der Waals surface area contributed by atoms with Gasteiger partial charge in [-0.3, -0.25) is 0 Å². The predicted octanol–water partition coefficient (Wildman–Crippen LogP) is -1.45. The topological polar surface area (TPSA) is 89.7 Å². The molecule has 17 heavy (non-hydrogen) atoms. The predicted molar refractivity (Wildman–Crippen MR) is 68.4 cm³/mol. The SMILES string of the molecule is CSCCC([NH+]=C1C=C(N)OC1(C)C)C(O)O. The van der Waals surface area contributed by atoms with Gasteiger partial charge in [0.15, 0.2) is 11.5 Å². The maximum Gasteiger partial charge on any atom is 0.223 e. The van der Waals surface area contributed by atoms with Crippen LogP contribution in [-0.2, 0) is 4.74 Å². The Balaban J connectivity index is 2.82. The molecule has 0 fully saturated rings. The van der Waals surface area contributed by atoms with Crippen LogP contribution in [0.3, 0.4) is 0 Å². The van der Waals surface area contributed by atoms with E-state index in [0.717, 1.165) is 11.5 Å². The van der Waals surface area contributed by atoms with Crippen molar-refractivity contribution in [2.75, 3.05) is 12.0 Å². The molecule has 1 unspecified atom stereocenters. The Hall–Kier alpha value is -0.720. The first kappa shape index (κ1) is 14.3. The Morgan fingerprint density at radius 1 is 1.53 bits per heavy atom. The zero-order valence-corrected chi connectivity index (χ0v) is 11.3. The zero-order chi connectivity index (χ0) is 13.1. The number of hydrogen-bond donors (Lipinski definition) is 4. The van der Waals surface area contributed by atoms with Gasteiger partial charge in [0.05, 0.1) is 6.08 Å². The number of aliphatic hydroxyl groups excluding tert-OH is 1. The first-order valence-electron chi connectivity index (χ1n) is 5.52. The highest BCUT2D eigenvalue weighted by molar-refractivity contribution is 7.98. The van der Waals surface area contributed by atoms with Crippen LogP contribution >= 0.6 is 11.8 Å². The number of hydrogen-bond acceptors (Lipinski definition) is 5. The van der Waals surface area contributed by atoms with E-state index < -0.39 is 17.9 Å². The highest BCUT2D eigenvalue weighted by Crippen LogP contribution is 2.19. The molecule has 0 saturated heterocycles. The molecule has 0 spiro atoms. The molecule has 5 N–H and O–H groups in total. The molecule has 0 aromatic heterocycles. The summed E-state index contributed by atoms with van der Waals surface area (Å²) in [5, 5.41) is 18.6. The summed E-state index contributed by atoms with van der Waals surface area (Å²) >= 11 is 1.66. The molecule has 1 aliphatic rings. The molecule has 0 aromatic carbocycles. The summed E-state index contributed by atoms with van der Waals surface area (Å²) in [6, 6.07) is -0.414. The number of nitrogens with two attached hydrogens (primary N) is 1. The maximum atomic E-state index is 9.31. The number of nitrogens with one attached hydrogen (secondary N) is 1. The monoisotopic (exact) mass is 261 g/mol. The zero-order valence-electron chi connectivity index (χ0n) is 10.4. The van der Waals surface area contributed by atoms with Gasteiger partial charge in [-0.2, -0.15) is 11.8 Å². The molecule has 0 amide bonds. The fraction of sp³-hybridized carbons (Fsp3) is 0.727. The number of ether oxygens (including phenoxy) is 1. The Morgan fingerprint density at radius 3 is 2.59 bits per heavy atom. The Labute approximate surface area is 106 Å². The quantitative estimate of drug-likeness (QED) is 0.455. The molecule has 1 heterocycles. The van der Waals surface area contributed by atoms with Gasteiger partial charge in [-0.1, -0.05) is 0 Å². The van der Waals surface area contributed by atoms with Crippen molar-refractivity contribution in [3.05, 3.63) is 12.0 Å². The molecule has 6 heteroatoms. The van der Waals surface area contributed by atoms with Crippen molar-refractivity contribution in [2.45, 2.75) is 38.2 Å². The third kappa shape index (κ3) is 3.90. The van der Waals surface area contributed by atoms with Crippen molar-refractivity contribution >= 4 is 17.5 Å². The van der Waals surface area contributed by atoms with Gasteiger partial charge in [0.1, 0.15) is 0 Å². The van der Waals surface area contributed by atoms with Gasteiger partial charge < -0.3 is 20.7 Å². The number of aliphatic hydroxyl groups is 2. The van der Waals surface area contributed by atoms with Gasteiger partial charge in [-0.25, -0.2) is 4.99 Å². The summed E-state index contributed by atoms with van der Waals surface area (Å²) in [6.45, 7) is 3.75. The van der Waals surface area contributed by atoms with Gasteiger partial charge >= 0.3 is 0 Å². The van der Waals surface area contributed by atoms with Gasteiger partial charge in [-0.15, -0.1) is 0 Å². The maximum absolute atomic E-state index is 9.31.